The van der Waals surface area contributed by atoms with Gasteiger partial charge in [-0.2, -0.15) is 0 Å². The predicted octanol–water partition coefficient (Wildman–Crippen LogP) is 18.0. The van der Waals surface area contributed by atoms with E-state index in [-0.39, 0.29) is 31.6 Å². The third kappa shape index (κ3) is 50.1. The summed E-state index contributed by atoms with van der Waals surface area (Å²) in [7, 11) is 0. The second-order valence-electron chi connectivity index (χ2n) is 18.1. The largest absolute Gasteiger partial charge is 0.462 e. The zero-order chi connectivity index (χ0) is 46.5. The zero-order valence-corrected chi connectivity index (χ0v) is 42.3. The molecule has 0 N–H and O–H groups in total. The second-order valence-corrected chi connectivity index (χ2v) is 18.1. The van der Waals surface area contributed by atoms with Crippen molar-refractivity contribution in [3.63, 3.8) is 0 Å². The van der Waals surface area contributed by atoms with Crippen LogP contribution in [0.3, 0.4) is 0 Å². The van der Waals surface area contributed by atoms with E-state index < -0.39 is 12.1 Å². The molecule has 6 nitrogen and oxygen atoms in total. The fourth-order valence-corrected chi connectivity index (χ4v) is 7.75. The maximum atomic E-state index is 12.7. The molecule has 0 aromatic heterocycles. The highest BCUT2D eigenvalue weighted by molar-refractivity contribution is 5.72. The van der Waals surface area contributed by atoms with Crippen molar-refractivity contribution >= 4 is 17.9 Å². The lowest BCUT2D eigenvalue weighted by atomic mass is 10.0. The van der Waals surface area contributed by atoms with Gasteiger partial charge in [0.15, 0.2) is 6.10 Å². The summed E-state index contributed by atoms with van der Waals surface area (Å²) in [6, 6.07) is 0. The first-order valence-corrected chi connectivity index (χ1v) is 27.3. The molecule has 0 aliphatic rings. The Bertz CT molecular complexity index is 1170. The van der Waals surface area contributed by atoms with Crippen molar-refractivity contribution in [2.24, 2.45) is 0 Å². The van der Waals surface area contributed by atoms with E-state index in [0.717, 1.165) is 70.6 Å². The van der Waals surface area contributed by atoms with E-state index in [4.69, 9.17) is 14.2 Å². The highest BCUT2D eigenvalue weighted by Crippen LogP contribution is 2.17. The van der Waals surface area contributed by atoms with Crippen LogP contribution in [0.25, 0.3) is 0 Å². The van der Waals surface area contributed by atoms with Crippen LogP contribution in [-0.4, -0.2) is 37.2 Å². The third-order valence-corrected chi connectivity index (χ3v) is 11.8. The number of hydrogen-bond acceptors (Lipinski definition) is 6. The fraction of sp³-hybridized carbons (Fsp3) is 0.776. The molecule has 0 saturated heterocycles. The second kappa shape index (κ2) is 52.7. The SMILES string of the molecule is CC/C=C\C/C=C\C/C=C\C/C=C\C/C=C\CC(=O)OC(COC(=O)CCCCCCCC)COC(=O)CCCCCCCCCCCCCCCCCCCCCCCCCCC. The molecule has 0 aromatic rings. The minimum atomic E-state index is -0.822. The van der Waals surface area contributed by atoms with E-state index >= 15 is 0 Å². The Labute approximate surface area is 396 Å². The van der Waals surface area contributed by atoms with Crippen LogP contribution in [0.2, 0.25) is 0 Å². The number of carbonyl (C=O) groups is 3. The highest BCUT2D eigenvalue weighted by atomic mass is 16.6. The Morgan fingerprint density at radius 1 is 0.328 bits per heavy atom. The van der Waals surface area contributed by atoms with Crippen LogP contribution in [0.1, 0.15) is 271 Å². The van der Waals surface area contributed by atoms with Crippen molar-refractivity contribution in [3.8, 4) is 0 Å². The summed E-state index contributed by atoms with van der Waals surface area (Å²) in [6.07, 6.45) is 65.7. The van der Waals surface area contributed by atoms with Crippen LogP contribution in [0.15, 0.2) is 60.8 Å². The predicted molar refractivity (Wildman–Crippen MR) is 275 cm³/mol. The monoisotopic (exact) mass is 895 g/mol. The topological polar surface area (TPSA) is 78.9 Å². The fourth-order valence-electron chi connectivity index (χ4n) is 7.75. The van der Waals surface area contributed by atoms with Gasteiger partial charge in [0.2, 0.25) is 0 Å². The molecule has 0 bridgehead atoms. The number of carbonyl (C=O) groups excluding carboxylic acids is 3. The standard InChI is InChI=1S/C58H102O6/c1-4-7-10-13-16-18-20-22-24-25-26-27-28-29-30-31-32-33-35-36-38-40-42-45-48-51-57(60)63-54-55(53-62-56(59)50-47-44-15-12-9-6-3)64-58(61)52-49-46-43-41-39-37-34-23-21-19-17-14-11-8-5-2/h8,11,17,19,23,34,39,41,46,49,55H,4-7,9-10,12-16,18,20-22,24-33,35-38,40,42-45,47-48,50-54H2,1-3H3/b11-8-,19-17-,34-23-,41-39-,49-46-. The van der Waals surface area contributed by atoms with Gasteiger partial charge in [0, 0.05) is 12.8 Å². The third-order valence-electron chi connectivity index (χ3n) is 11.8. The molecular weight excluding hydrogens is 793 g/mol. The van der Waals surface area contributed by atoms with Gasteiger partial charge < -0.3 is 14.2 Å². The van der Waals surface area contributed by atoms with Crippen LogP contribution in [0, 0.1) is 0 Å². The molecule has 0 amide bonds. The van der Waals surface area contributed by atoms with Crippen molar-refractivity contribution in [3.05, 3.63) is 60.8 Å². The van der Waals surface area contributed by atoms with Crippen LogP contribution in [0.5, 0.6) is 0 Å². The zero-order valence-electron chi connectivity index (χ0n) is 42.3. The molecule has 64 heavy (non-hydrogen) atoms. The Balaban J connectivity index is 4.15. The first kappa shape index (κ1) is 61.1. The Morgan fingerprint density at radius 3 is 0.891 bits per heavy atom. The van der Waals surface area contributed by atoms with Gasteiger partial charge in [0.25, 0.3) is 0 Å². The number of allylic oxidation sites excluding steroid dienone is 9. The summed E-state index contributed by atoms with van der Waals surface area (Å²) in [5.41, 5.74) is 0. The number of ether oxygens (including phenoxy) is 3. The van der Waals surface area contributed by atoms with Crippen molar-refractivity contribution in [2.45, 2.75) is 277 Å². The molecule has 0 fully saturated rings. The van der Waals surface area contributed by atoms with Gasteiger partial charge in [-0.1, -0.05) is 268 Å². The summed E-state index contributed by atoms with van der Waals surface area (Å²) in [6.45, 7) is 6.40. The van der Waals surface area contributed by atoms with E-state index in [0.29, 0.717) is 12.8 Å². The molecule has 0 rings (SSSR count). The molecule has 0 spiro atoms. The van der Waals surface area contributed by atoms with Crippen molar-refractivity contribution in [1.82, 2.24) is 0 Å². The highest BCUT2D eigenvalue weighted by Gasteiger charge is 2.19. The van der Waals surface area contributed by atoms with Crippen LogP contribution >= 0.6 is 0 Å². The maximum Gasteiger partial charge on any atom is 0.310 e. The lowest BCUT2D eigenvalue weighted by Crippen LogP contribution is -2.30. The number of esters is 3. The molecule has 0 aliphatic carbocycles. The van der Waals surface area contributed by atoms with Gasteiger partial charge in [-0.05, 0) is 44.9 Å². The lowest BCUT2D eigenvalue weighted by molar-refractivity contribution is -0.166. The van der Waals surface area contributed by atoms with Crippen LogP contribution in [0.4, 0.5) is 0 Å². The molecule has 6 heteroatoms. The summed E-state index contributed by atoms with van der Waals surface area (Å²) in [4.78, 5) is 37.7. The molecule has 1 atom stereocenters. The smallest absolute Gasteiger partial charge is 0.310 e. The molecule has 370 valence electrons. The van der Waals surface area contributed by atoms with E-state index in [1.165, 1.54) is 161 Å². The van der Waals surface area contributed by atoms with E-state index in [1.807, 2.05) is 6.08 Å². The molecule has 0 aromatic carbocycles. The minimum Gasteiger partial charge on any atom is -0.462 e. The van der Waals surface area contributed by atoms with Crippen molar-refractivity contribution in [2.75, 3.05) is 13.2 Å². The molecule has 0 heterocycles. The quantitative estimate of drug-likeness (QED) is 0.0262. The Hall–Kier alpha value is -2.89. The molecule has 0 saturated carbocycles. The summed E-state index contributed by atoms with van der Waals surface area (Å²) in [5.74, 6) is -1.04. The number of unbranched alkanes of at least 4 members (excludes halogenated alkanes) is 29. The van der Waals surface area contributed by atoms with Gasteiger partial charge in [0.1, 0.15) is 13.2 Å². The van der Waals surface area contributed by atoms with Gasteiger partial charge in [-0.25, -0.2) is 0 Å². The molecular formula is C58H102O6. The van der Waals surface area contributed by atoms with Gasteiger partial charge in [0.05, 0.1) is 6.42 Å². The van der Waals surface area contributed by atoms with E-state index in [1.54, 1.807) is 6.08 Å². The first-order valence-electron chi connectivity index (χ1n) is 27.3. The van der Waals surface area contributed by atoms with Crippen molar-refractivity contribution < 1.29 is 28.6 Å². The van der Waals surface area contributed by atoms with Gasteiger partial charge >= 0.3 is 17.9 Å². The summed E-state index contributed by atoms with van der Waals surface area (Å²) >= 11 is 0. The summed E-state index contributed by atoms with van der Waals surface area (Å²) < 4.78 is 16.6. The normalized spacial score (nSPS) is 12.5. The lowest BCUT2D eigenvalue weighted by Gasteiger charge is -2.18. The van der Waals surface area contributed by atoms with Crippen LogP contribution in [-0.2, 0) is 28.6 Å². The van der Waals surface area contributed by atoms with Crippen LogP contribution < -0.4 is 0 Å². The Morgan fingerprint density at radius 2 is 0.594 bits per heavy atom. The Kier molecular flexibility index (Phi) is 50.4. The van der Waals surface area contributed by atoms with E-state index in [9.17, 15) is 14.4 Å². The van der Waals surface area contributed by atoms with Gasteiger partial charge in [-0.3, -0.25) is 14.4 Å². The summed E-state index contributed by atoms with van der Waals surface area (Å²) in [5, 5.41) is 0. The average molecular weight is 895 g/mol. The first-order chi connectivity index (χ1) is 31.5. The molecule has 1 unspecified atom stereocenters. The number of rotatable bonds is 49. The number of hydrogen-bond donors (Lipinski definition) is 0. The van der Waals surface area contributed by atoms with Gasteiger partial charge in [-0.15, -0.1) is 0 Å². The maximum absolute atomic E-state index is 12.7. The molecule has 0 aliphatic heterocycles. The van der Waals surface area contributed by atoms with Crippen molar-refractivity contribution in [1.29, 1.82) is 0 Å². The van der Waals surface area contributed by atoms with E-state index in [2.05, 4.69) is 69.4 Å². The average Bonchev–Trinajstić information content (AvgIpc) is 3.29. The molecule has 0 radical (unpaired) electrons. The minimum absolute atomic E-state index is 0.100.